The summed E-state index contributed by atoms with van der Waals surface area (Å²) in [5.74, 6) is 0.916. The lowest BCUT2D eigenvalue weighted by atomic mass is 10.1. The molecule has 12 heavy (non-hydrogen) atoms. The van der Waals surface area contributed by atoms with E-state index in [2.05, 4.69) is 32.1 Å². The minimum atomic E-state index is 0.916. The fraction of sp³-hybridized carbons (Fsp3) is 0.667. The molecule has 1 fully saturated rings. The Labute approximate surface area is 76.4 Å². The molecule has 68 valence electrons. The molecule has 0 heterocycles. The number of rotatable bonds is 5. The number of hydrogen-bond acceptors (Lipinski definition) is 0. The molecule has 0 heteroatoms. The Morgan fingerprint density at radius 1 is 1.42 bits per heavy atom. The van der Waals surface area contributed by atoms with Crippen LogP contribution in [-0.2, 0) is 0 Å². The van der Waals surface area contributed by atoms with E-state index < -0.39 is 0 Å². The second kappa shape index (κ2) is 5.18. The van der Waals surface area contributed by atoms with Crippen LogP contribution in [0.1, 0.15) is 46.0 Å². The van der Waals surface area contributed by atoms with Crippen molar-refractivity contribution in [2.45, 2.75) is 46.0 Å². The topological polar surface area (TPSA) is 0 Å². The van der Waals surface area contributed by atoms with Gasteiger partial charge in [0.15, 0.2) is 0 Å². The Balaban J connectivity index is 2.15. The van der Waals surface area contributed by atoms with Gasteiger partial charge in [-0.15, -0.1) is 0 Å². The van der Waals surface area contributed by atoms with E-state index in [0.717, 1.165) is 5.92 Å². The van der Waals surface area contributed by atoms with Gasteiger partial charge in [0, 0.05) is 0 Å². The van der Waals surface area contributed by atoms with E-state index in [4.69, 9.17) is 0 Å². The van der Waals surface area contributed by atoms with Crippen molar-refractivity contribution in [3.05, 3.63) is 23.8 Å². The van der Waals surface area contributed by atoms with Crippen molar-refractivity contribution in [3.63, 3.8) is 0 Å². The molecule has 0 amide bonds. The van der Waals surface area contributed by atoms with Gasteiger partial charge in [0.1, 0.15) is 0 Å². The molecule has 1 aliphatic carbocycles. The van der Waals surface area contributed by atoms with E-state index in [1.54, 1.807) is 0 Å². The van der Waals surface area contributed by atoms with E-state index >= 15 is 0 Å². The van der Waals surface area contributed by atoms with Crippen molar-refractivity contribution in [2.75, 3.05) is 0 Å². The van der Waals surface area contributed by atoms with Crippen molar-refractivity contribution >= 4 is 0 Å². The summed E-state index contributed by atoms with van der Waals surface area (Å²) in [7, 11) is 0. The largest absolute Gasteiger partial charge is 0.0816 e. The average molecular weight is 164 g/mol. The summed E-state index contributed by atoms with van der Waals surface area (Å²) in [6, 6.07) is 0. The summed E-state index contributed by atoms with van der Waals surface area (Å²) in [4.78, 5) is 0. The molecular formula is C12H20. The predicted molar refractivity (Wildman–Crippen MR) is 55.1 cm³/mol. The fourth-order valence-corrected chi connectivity index (χ4v) is 1.18. The summed E-state index contributed by atoms with van der Waals surface area (Å²) in [6.07, 6.45) is 13.7. The van der Waals surface area contributed by atoms with Gasteiger partial charge in [0.25, 0.3) is 0 Å². The molecule has 0 unspecified atom stereocenters. The highest BCUT2D eigenvalue weighted by Gasteiger charge is 2.16. The van der Waals surface area contributed by atoms with E-state index in [-0.39, 0.29) is 0 Å². The van der Waals surface area contributed by atoms with Crippen LogP contribution < -0.4 is 0 Å². The molecule has 0 spiro atoms. The maximum atomic E-state index is 2.36. The highest BCUT2D eigenvalue weighted by Crippen LogP contribution is 2.30. The predicted octanol–water partition coefficient (Wildman–Crippen LogP) is 4.09. The number of hydrogen-bond donors (Lipinski definition) is 0. The van der Waals surface area contributed by atoms with Gasteiger partial charge < -0.3 is 0 Å². The molecule has 0 bridgehead atoms. The van der Waals surface area contributed by atoms with Crippen LogP contribution in [0.2, 0.25) is 0 Å². The Morgan fingerprint density at radius 2 is 2.17 bits per heavy atom. The highest BCUT2D eigenvalue weighted by atomic mass is 14.2. The average Bonchev–Trinajstić information content (AvgIpc) is 2.84. The van der Waals surface area contributed by atoms with Crippen molar-refractivity contribution < 1.29 is 0 Å². The van der Waals surface area contributed by atoms with Gasteiger partial charge in [-0.25, -0.2) is 0 Å². The van der Waals surface area contributed by atoms with Crippen LogP contribution in [0.5, 0.6) is 0 Å². The Bertz CT molecular complexity index is 170. The molecule has 0 nitrogen and oxygen atoms in total. The van der Waals surface area contributed by atoms with Gasteiger partial charge >= 0.3 is 0 Å². The van der Waals surface area contributed by atoms with E-state index in [1.165, 1.54) is 37.7 Å². The highest BCUT2D eigenvalue weighted by molar-refractivity contribution is 5.17. The Kier molecular flexibility index (Phi) is 4.13. The summed E-state index contributed by atoms with van der Waals surface area (Å²) in [6.45, 7) is 4.44. The first-order valence-corrected chi connectivity index (χ1v) is 5.18. The van der Waals surface area contributed by atoms with Gasteiger partial charge in [0.2, 0.25) is 0 Å². The van der Waals surface area contributed by atoms with E-state index in [0.29, 0.717) is 0 Å². The molecule has 0 radical (unpaired) electrons. The minimum absolute atomic E-state index is 0.916. The zero-order chi connectivity index (χ0) is 8.81. The van der Waals surface area contributed by atoms with Crippen molar-refractivity contribution in [1.29, 1.82) is 0 Å². The van der Waals surface area contributed by atoms with E-state index in [1.807, 2.05) is 0 Å². The van der Waals surface area contributed by atoms with Gasteiger partial charge in [-0.3, -0.25) is 0 Å². The summed E-state index contributed by atoms with van der Waals surface area (Å²) in [5.41, 5.74) is 1.44. The molecule has 0 saturated heterocycles. The zero-order valence-electron chi connectivity index (χ0n) is 8.34. The van der Waals surface area contributed by atoms with Gasteiger partial charge in [-0.2, -0.15) is 0 Å². The van der Waals surface area contributed by atoms with Crippen molar-refractivity contribution in [2.24, 2.45) is 5.92 Å². The molecule has 0 aliphatic heterocycles. The number of allylic oxidation sites excluding steroid dienone is 4. The third-order valence-electron chi connectivity index (χ3n) is 2.28. The maximum absolute atomic E-state index is 2.36. The molecule has 1 rings (SSSR count). The van der Waals surface area contributed by atoms with E-state index in [9.17, 15) is 0 Å². The number of unbranched alkanes of at least 4 members (excludes halogenated alkanes) is 2. The quantitative estimate of drug-likeness (QED) is 0.424. The fourth-order valence-electron chi connectivity index (χ4n) is 1.18. The second-order valence-corrected chi connectivity index (χ2v) is 3.79. The standard InChI is InChI=1S/C12H20/c1-3-4-5-6-11(2)7-8-12-9-10-12/h6-8,12H,3-5,9-10H2,1-2H3. The molecule has 0 aromatic rings. The lowest BCUT2D eigenvalue weighted by Gasteiger charge is -1.92. The Morgan fingerprint density at radius 3 is 2.75 bits per heavy atom. The summed E-state index contributed by atoms with van der Waals surface area (Å²) >= 11 is 0. The molecule has 1 saturated carbocycles. The van der Waals surface area contributed by atoms with Crippen LogP contribution in [-0.4, -0.2) is 0 Å². The second-order valence-electron chi connectivity index (χ2n) is 3.79. The van der Waals surface area contributed by atoms with Gasteiger partial charge in [0.05, 0.1) is 0 Å². The van der Waals surface area contributed by atoms with Crippen LogP contribution in [0.25, 0.3) is 0 Å². The summed E-state index contributed by atoms with van der Waals surface area (Å²) < 4.78 is 0. The van der Waals surface area contributed by atoms with Crippen LogP contribution in [0.3, 0.4) is 0 Å². The first kappa shape index (κ1) is 9.57. The van der Waals surface area contributed by atoms with Crippen LogP contribution in [0, 0.1) is 5.92 Å². The monoisotopic (exact) mass is 164 g/mol. The zero-order valence-corrected chi connectivity index (χ0v) is 8.34. The first-order valence-electron chi connectivity index (χ1n) is 5.18. The van der Waals surface area contributed by atoms with Gasteiger partial charge in [-0.1, -0.05) is 43.6 Å². The van der Waals surface area contributed by atoms with Crippen LogP contribution >= 0.6 is 0 Å². The maximum Gasteiger partial charge on any atom is -0.0230 e. The molecule has 0 aromatic carbocycles. The summed E-state index contributed by atoms with van der Waals surface area (Å²) in [5, 5.41) is 0. The molecule has 0 atom stereocenters. The van der Waals surface area contributed by atoms with Gasteiger partial charge in [-0.05, 0) is 32.1 Å². The molecular weight excluding hydrogens is 144 g/mol. The third-order valence-corrected chi connectivity index (χ3v) is 2.28. The lowest BCUT2D eigenvalue weighted by molar-refractivity contribution is 0.812. The third kappa shape index (κ3) is 4.38. The molecule has 0 aromatic heterocycles. The SMILES string of the molecule is CCCCC=C(C)C=CC1CC1. The lowest BCUT2D eigenvalue weighted by Crippen LogP contribution is -1.72. The van der Waals surface area contributed by atoms with Crippen molar-refractivity contribution in [3.8, 4) is 0 Å². The van der Waals surface area contributed by atoms with Crippen LogP contribution in [0.15, 0.2) is 23.8 Å². The minimum Gasteiger partial charge on any atom is -0.0816 e. The smallest absolute Gasteiger partial charge is 0.0230 e. The van der Waals surface area contributed by atoms with Crippen LogP contribution in [0.4, 0.5) is 0 Å². The molecule has 1 aliphatic rings. The molecule has 0 N–H and O–H groups in total. The van der Waals surface area contributed by atoms with Crippen molar-refractivity contribution in [1.82, 2.24) is 0 Å². The first-order chi connectivity index (χ1) is 5.83. The normalized spacial score (nSPS) is 19.0. The Hall–Kier alpha value is -0.520.